The third kappa shape index (κ3) is 3.80. The van der Waals surface area contributed by atoms with E-state index in [9.17, 15) is 9.50 Å². The Balaban J connectivity index is 0.00000182. The van der Waals surface area contributed by atoms with Gasteiger partial charge in [-0.05, 0) is 42.6 Å². The van der Waals surface area contributed by atoms with Crippen molar-refractivity contribution in [3.05, 3.63) is 59.9 Å². The van der Waals surface area contributed by atoms with E-state index in [2.05, 4.69) is 4.90 Å². The molecule has 2 aliphatic rings. The van der Waals surface area contributed by atoms with Gasteiger partial charge in [-0.15, -0.1) is 17.0 Å². The fourth-order valence-electron chi connectivity index (χ4n) is 3.75. The SMILES string of the molecule is Br.OC1(c2ccc(-c3ccc(F)cc3)cc2)CN2CCCCC2CO1. The van der Waals surface area contributed by atoms with Crippen molar-refractivity contribution in [3.8, 4) is 11.1 Å². The molecule has 2 fully saturated rings. The molecule has 0 radical (unpaired) electrons. The van der Waals surface area contributed by atoms with Gasteiger partial charge in [-0.25, -0.2) is 4.39 Å². The zero-order valence-corrected chi connectivity index (χ0v) is 15.7. The van der Waals surface area contributed by atoms with Gasteiger partial charge in [0.1, 0.15) is 5.82 Å². The number of rotatable bonds is 2. The van der Waals surface area contributed by atoms with Gasteiger partial charge >= 0.3 is 0 Å². The summed E-state index contributed by atoms with van der Waals surface area (Å²) in [5, 5.41) is 11.0. The Morgan fingerprint density at radius 3 is 2.32 bits per heavy atom. The van der Waals surface area contributed by atoms with Crippen LogP contribution in [-0.4, -0.2) is 35.7 Å². The molecule has 2 aromatic rings. The van der Waals surface area contributed by atoms with Crippen molar-refractivity contribution in [2.45, 2.75) is 31.1 Å². The second-order valence-electron chi connectivity index (χ2n) is 6.80. The van der Waals surface area contributed by atoms with E-state index < -0.39 is 5.79 Å². The average Bonchev–Trinajstić information content (AvgIpc) is 2.62. The molecule has 0 aromatic heterocycles. The molecule has 3 nitrogen and oxygen atoms in total. The summed E-state index contributed by atoms with van der Waals surface area (Å²) < 4.78 is 18.9. The Morgan fingerprint density at radius 1 is 1.00 bits per heavy atom. The molecule has 4 rings (SSSR count). The lowest BCUT2D eigenvalue weighted by molar-refractivity contribution is -0.264. The highest BCUT2D eigenvalue weighted by Gasteiger charge is 2.41. The van der Waals surface area contributed by atoms with Gasteiger partial charge in [-0.2, -0.15) is 0 Å². The molecule has 0 bridgehead atoms. The summed E-state index contributed by atoms with van der Waals surface area (Å²) in [5.41, 5.74) is 2.72. The van der Waals surface area contributed by atoms with Crippen LogP contribution in [0.2, 0.25) is 0 Å². The first kappa shape index (κ1) is 18.5. The van der Waals surface area contributed by atoms with Gasteiger partial charge in [0, 0.05) is 11.6 Å². The van der Waals surface area contributed by atoms with Crippen molar-refractivity contribution in [1.29, 1.82) is 0 Å². The van der Waals surface area contributed by atoms with Crippen LogP contribution in [0.3, 0.4) is 0 Å². The van der Waals surface area contributed by atoms with Gasteiger partial charge in [-0.3, -0.25) is 4.90 Å². The van der Waals surface area contributed by atoms with E-state index in [4.69, 9.17) is 4.74 Å². The van der Waals surface area contributed by atoms with Gasteiger partial charge < -0.3 is 9.84 Å². The largest absolute Gasteiger partial charge is 0.361 e. The molecule has 1 N–H and O–H groups in total. The van der Waals surface area contributed by atoms with E-state index in [1.54, 1.807) is 12.1 Å². The number of halogens is 2. The minimum absolute atomic E-state index is 0. The Bertz CT molecular complexity index is 707. The number of benzene rings is 2. The minimum Gasteiger partial charge on any atom is -0.361 e. The second-order valence-corrected chi connectivity index (χ2v) is 6.80. The van der Waals surface area contributed by atoms with Gasteiger partial charge in [-0.1, -0.05) is 42.8 Å². The van der Waals surface area contributed by atoms with E-state index in [0.29, 0.717) is 19.2 Å². The molecule has 2 heterocycles. The predicted molar refractivity (Wildman–Crippen MR) is 101 cm³/mol. The molecule has 134 valence electrons. The van der Waals surface area contributed by atoms with Crippen molar-refractivity contribution < 1.29 is 14.2 Å². The van der Waals surface area contributed by atoms with Gasteiger partial charge in [0.15, 0.2) is 0 Å². The third-order valence-electron chi connectivity index (χ3n) is 5.19. The van der Waals surface area contributed by atoms with Crippen molar-refractivity contribution in [2.75, 3.05) is 19.7 Å². The maximum absolute atomic E-state index is 13.0. The van der Waals surface area contributed by atoms with Crippen LogP contribution >= 0.6 is 17.0 Å². The van der Waals surface area contributed by atoms with Crippen molar-refractivity contribution >= 4 is 17.0 Å². The van der Waals surface area contributed by atoms with Crippen LogP contribution in [-0.2, 0) is 10.5 Å². The minimum atomic E-state index is -1.24. The molecule has 5 heteroatoms. The maximum Gasteiger partial charge on any atom is 0.205 e. The molecule has 25 heavy (non-hydrogen) atoms. The number of aliphatic hydroxyl groups is 1. The molecular formula is C20H23BrFNO2. The third-order valence-corrected chi connectivity index (χ3v) is 5.19. The van der Waals surface area contributed by atoms with Gasteiger partial charge in [0.2, 0.25) is 5.79 Å². The zero-order chi connectivity index (χ0) is 16.6. The van der Waals surface area contributed by atoms with Crippen LogP contribution in [0.25, 0.3) is 11.1 Å². The van der Waals surface area contributed by atoms with Gasteiger partial charge in [0.25, 0.3) is 0 Å². The smallest absolute Gasteiger partial charge is 0.205 e. The lowest BCUT2D eigenvalue weighted by atomic mass is 9.95. The quantitative estimate of drug-likeness (QED) is 0.812. The zero-order valence-electron chi connectivity index (χ0n) is 14.0. The predicted octanol–water partition coefficient (Wildman–Crippen LogP) is 4.10. The first-order valence-corrected chi connectivity index (χ1v) is 8.61. The Morgan fingerprint density at radius 2 is 1.64 bits per heavy atom. The van der Waals surface area contributed by atoms with Crippen LogP contribution in [0, 0.1) is 5.82 Å². The number of ether oxygens (including phenoxy) is 1. The van der Waals surface area contributed by atoms with Crippen LogP contribution in [0.5, 0.6) is 0 Å². The molecule has 2 aliphatic heterocycles. The van der Waals surface area contributed by atoms with Crippen molar-refractivity contribution in [1.82, 2.24) is 4.90 Å². The van der Waals surface area contributed by atoms with E-state index >= 15 is 0 Å². The van der Waals surface area contributed by atoms with E-state index in [1.165, 1.54) is 25.0 Å². The number of piperidine rings is 1. The molecule has 0 amide bonds. The highest BCUT2D eigenvalue weighted by molar-refractivity contribution is 8.93. The summed E-state index contributed by atoms with van der Waals surface area (Å²) in [4.78, 5) is 2.35. The summed E-state index contributed by atoms with van der Waals surface area (Å²) >= 11 is 0. The van der Waals surface area contributed by atoms with Gasteiger partial charge in [0.05, 0.1) is 13.2 Å². The standard InChI is InChI=1S/C20H22FNO2.BrH/c21-18-10-6-16(7-11-18)15-4-8-17(9-5-15)20(23)14-22-12-2-1-3-19(22)13-24-20;/h4-11,19,23H,1-3,12-14H2;1H. The first-order valence-electron chi connectivity index (χ1n) is 8.61. The number of nitrogens with zero attached hydrogens (tertiary/aromatic N) is 1. The number of hydrogen-bond donors (Lipinski definition) is 1. The lowest BCUT2D eigenvalue weighted by Crippen LogP contribution is -2.56. The van der Waals surface area contributed by atoms with Crippen molar-refractivity contribution in [2.24, 2.45) is 0 Å². The summed E-state index contributed by atoms with van der Waals surface area (Å²) in [5.74, 6) is -1.48. The lowest BCUT2D eigenvalue weighted by Gasteiger charge is -2.46. The molecule has 2 unspecified atom stereocenters. The number of hydrogen-bond acceptors (Lipinski definition) is 3. The molecule has 2 aromatic carbocycles. The monoisotopic (exact) mass is 407 g/mol. The molecule has 2 saturated heterocycles. The average molecular weight is 408 g/mol. The Labute approximate surface area is 158 Å². The van der Waals surface area contributed by atoms with Crippen LogP contribution < -0.4 is 0 Å². The second kappa shape index (κ2) is 7.54. The highest BCUT2D eigenvalue weighted by Crippen LogP contribution is 2.33. The van der Waals surface area contributed by atoms with Crippen LogP contribution in [0.1, 0.15) is 24.8 Å². The maximum atomic E-state index is 13.0. The molecule has 0 aliphatic carbocycles. The van der Waals surface area contributed by atoms with Crippen molar-refractivity contribution in [3.63, 3.8) is 0 Å². The summed E-state index contributed by atoms with van der Waals surface area (Å²) in [6, 6.07) is 14.6. The van der Waals surface area contributed by atoms with Crippen LogP contribution in [0.4, 0.5) is 4.39 Å². The summed E-state index contributed by atoms with van der Waals surface area (Å²) in [6.07, 6.45) is 3.59. The van der Waals surface area contributed by atoms with Crippen LogP contribution in [0.15, 0.2) is 48.5 Å². The molecule has 0 spiro atoms. The Kier molecular flexibility index (Phi) is 5.58. The molecule has 0 saturated carbocycles. The van der Waals surface area contributed by atoms with E-state index in [-0.39, 0.29) is 22.8 Å². The van der Waals surface area contributed by atoms with E-state index in [0.717, 1.165) is 29.7 Å². The Hall–Kier alpha value is -1.27. The van der Waals surface area contributed by atoms with E-state index in [1.807, 2.05) is 24.3 Å². The number of fused-ring (bicyclic) bond motifs is 1. The fraction of sp³-hybridized carbons (Fsp3) is 0.400. The normalized spacial score (nSPS) is 26.6. The summed E-state index contributed by atoms with van der Waals surface area (Å²) in [6.45, 7) is 2.13. The highest BCUT2D eigenvalue weighted by atomic mass is 79.9. The molecular weight excluding hydrogens is 385 g/mol. The fourth-order valence-corrected chi connectivity index (χ4v) is 3.75. The topological polar surface area (TPSA) is 32.7 Å². The first-order chi connectivity index (χ1) is 11.6. The molecule has 2 atom stereocenters. The summed E-state index contributed by atoms with van der Waals surface area (Å²) in [7, 11) is 0. The number of morpholine rings is 1.